The fourth-order valence-corrected chi connectivity index (χ4v) is 1.05. The molecular formula is C9H5FN2. The Labute approximate surface area is 69.1 Å². The second-order valence-corrected chi connectivity index (χ2v) is 2.42. The van der Waals surface area contributed by atoms with Gasteiger partial charge >= 0.3 is 0 Å². The van der Waals surface area contributed by atoms with Gasteiger partial charge in [0.15, 0.2) is 0 Å². The molecule has 2 radical (unpaired) electrons. The number of aromatic nitrogens is 2. The van der Waals surface area contributed by atoms with Gasteiger partial charge in [-0.05, 0) is 18.2 Å². The second-order valence-electron chi connectivity index (χ2n) is 2.42. The maximum atomic E-state index is 12.7. The molecule has 1 aromatic heterocycles. The first-order valence-corrected chi connectivity index (χ1v) is 3.43. The van der Waals surface area contributed by atoms with E-state index in [9.17, 15) is 4.39 Å². The van der Waals surface area contributed by atoms with Crippen molar-refractivity contribution in [2.75, 3.05) is 0 Å². The van der Waals surface area contributed by atoms with E-state index < -0.39 is 0 Å². The van der Waals surface area contributed by atoms with Crippen molar-refractivity contribution in [1.29, 1.82) is 0 Å². The molecule has 0 spiro atoms. The van der Waals surface area contributed by atoms with Crippen molar-refractivity contribution in [2.45, 2.75) is 0 Å². The highest BCUT2D eigenvalue weighted by molar-refractivity contribution is 5.81. The molecule has 2 rings (SSSR count). The Morgan fingerprint density at radius 1 is 1.25 bits per heavy atom. The molecule has 2 aromatic rings. The summed E-state index contributed by atoms with van der Waals surface area (Å²) in [4.78, 5) is 7.67. The molecule has 0 saturated carbocycles. The zero-order valence-electron chi connectivity index (χ0n) is 6.16. The molecular weight excluding hydrogens is 155 g/mol. The minimum Gasteiger partial charge on any atom is -0.240 e. The molecule has 0 fully saturated rings. The molecule has 0 bridgehead atoms. The molecule has 3 heteroatoms. The molecule has 1 aromatic carbocycles. The van der Waals surface area contributed by atoms with Crippen molar-refractivity contribution in [1.82, 2.24) is 9.97 Å². The number of benzene rings is 1. The number of halogens is 1. The quantitative estimate of drug-likeness (QED) is 0.587. The molecule has 58 valence electrons. The van der Waals surface area contributed by atoms with Crippen molar-refractivity contribution in [2.24, 2.45) is 0 Å². The number of rotatable bonds is 0. The van der Waals surface area contributed by atoms with Gasteiger partial charge < -0.3 is 0 Å². The van der Waals surface area contributed by atoms with Crippen LogP contribution in [0.5, 0.6) is 0 Å². The Balaban J connectivity index is 2.88. The normalized spacial score (nSPS) is 10.5. The highest BCUT2D eigenvalue weighted by Crippen LogP contribution is 2.14. The summed E-state index contributed by atoms with van der Waals surface area (Å²) in [5.41, 5.74) is 0.961. The Morgan fingerprint density at radius 3 is 2.92 bits per heavy atom. The van der Waals surface area contributed by atoms with Gasteiger partial charge in [-0.1, -0.05) is 0 Å². The van der Waals surface area contributed by atoms with Crippen LogP contribution in [0.2, 0.25) is 0 Å². The van der Waals surface area contributed by atoms with E-state index in [2.05, 4.69) is 9.97 Å². The van der Waals surface area contributed by atoms with Crippen LogP contribution in [0.4, 0.5) is 4.39 Å². The lowest BCUT2D eigenvalue weighted by atomic mass is 10.2. The lowest BCUT2D eigenvalue weighted by Crippen LogP contribution is -1.87. The van der Waals surface area contributed by atoms with Gasteiger partial charge in [-0.15, -0.1) is 0 Å². The van der Waals surface area contributed by atoms with E-state index in [-0.39, 0.29) is 5.82 Å². The van der Waals surface area contributed by atoms with Crippen LogP contribution in [0.15, 0.2) is 24.5 Å². The van der Waals surface area contributed by atoms with E-state index in [1.54, 1.807) is 6.07 Å². The van der Waals surface area contributed by atoms with E-state index in [0.29, 0.717) is 16.6 Å². The van der Waals surface area contributed by atoms with Crippen molar-refractivity contribution in [3.8, 4) is 0 Å². The Morgan fingerprint density at radius 2 is 2.08 bits per heavy atom. The van der Waals surface area contributed by atoms with E-state index >= 15 is 0 Å². The van der Waals surface area contributed by atoms with E-state index in [4.69, 9.17) is 6.92 Å². The topological polar surface area (TPSA) is 25.8 Å². The number of hydrogen-bond donors (Lipinski definition) is 0. The third-order valence-corrected chi connectivity index (χ3v) is 1.63. The highest BCUT2D eigenvalue weighted by Gasteiger charge is 1.99. The van der Waals surface area contributed by atoms with E-state index in [1.807, 2.05) is 0 Å². The molecule has 0 saturated heterocycles. The Bertz CT molecular complexity index is 426. The maximum Gasteiger partial charge on any atom is 0.124 e. The number of fused-ring (bicyclic) bond motifs is 1. The summed E-state index contributed by atoms with van der Waals surface area (Å²) in [7, 11) is 0. The third kappa shape index (κ3) is 1.03. The van der Waals surface area contributed by atoms with Gasteiger partial charge in [0.05, 0.1) is 11.2 Å². The van der Waals surface area contributed by atoms with Gasteiger partial charge in [0.1, 0.15) is 12.1 Å². The maximum absolute atomic E-state index is 12.7. The summed E-state index contributed by atoms with van der Waals surface area (Å²) < 4.78 is 12.7. The SMILES string of the molecule is [CH]c1ncnc2ccc(F)cc12. The van der Waals surface area contributed by atoms with Gasteiger partial charge in [0.25, 0.3) is 0 Å². The van der Waals surface area contributed by atoms with Gasteiger partial charge in [0, 0.05) is 12.3 Å². The van der Waals surface area contributed by atoms with Crippen molar-refractivity contribution >= 4 is 10.9 Å². The molecule has 0 N–H and O–H groups in total. The number of hydrogen-bond acceptors (Lipinski definition) is 2. The van der Waals surface area contributed by atoms with E-state index in [1.165, 1.54) is 18.5 Å². The van der Waals surface area contributed by atoms with Crippen LogP contribution in [0.1, 0.15) is 5.69 Å². The molecule has 1 heterocycles. The van der Waals surface area contributed by atoms with Gasteiger partial charge in [-0.25, -0.2) is 14.4 Å². The van der Waals surface area contributed by atoms with Crippen molar-refractivity contribution < 1.29 is 4.39 Å². The lowest BCUT2D eigenvalue weighted by molar-refractivity contribution is 0.629. The van der Waals surface area contributed by atoms with E-state index in [0.717, 1.165) is 0 Å². The van der Waals surface area contributed by atoms with Crippen LogP contribution in [-0.4, -0.2) is 9.97 Å². The van der Waals surface area contributed by atoms with Crippen LogP contribution in [0, 0.1) is 12.7 Å². The molecule has 0 unspecified atom stereocenters. The summed E-state index contributed by atoms with van der Waals surface area (Å²) in [6.07, 6.45) is 1.36. The summed E-state index contributed by atoms with van der Waals surface area (Å²) in [6.45, 7) is 5.51. The van der Waals surface area contributed by atoms with Crippen molar-refractivity contribution in [3.63, 3.8) is 0 Å². The average molecular weight is 160 g/mol. The van der Waals surface area contributed by atoms with Crippen LogP contribution >= 0.6 is 0 Å². The second kappa shape index (κ2) is 2.52. The monoisotopic (exact) mass is 160 g/mol. The van der Waals surface area contributed by atoms with Crippen LogP contribution in [0.3, 0.4) is 0 Å². The minimum atomic E-state index is -0.330. The predicted molar refractivity (Wildman–Crippen MR) is 42.9 cm³/mol. The highest BCUT2D eigenvalue weighted by atomic mass is 19.1. The third-order valence-electron chi connectivity index (χ3n) is 1.63. The zero-order valence-corrected chi connectivity index (χ0v) is 6.16. The number of nitrogens with zero attached hydrogens (tertiary/aromatic N) is 2. The lowest BCUT2D eigenvalue weighted by Gasteiger charge is -1.98. The van der Waals surface area contributed by atoms with Crippen LogP contribution < -0.4 is 0 Å². The first kappa shape index (κ1) is 7.16. The van der Waals surface area contributed by atoms with Crippen LogP contribution in [-0.2, 0) is 0 Å². The fourth-order valence-electron chi connectivity index (χ4n) is 1.05. The fraction of sp³-hybridized carbons (Fsp3) is 0. The summed E-state index contributed by atoms with van der Waals surface area (Å²) in [5.74, 6) is -0.330. The summed E-state index contributed by atoms with van der Waals surface area (Å²) in [5, 5.41) is 0.553. The molecule has 0 aliphatic rings. The molecule has 0 aliphatic carbocycles. The Kier molecular flexibility index (Phi) is 1.50. The first-order chi connectivity index (χ1) is 5.77. The van der Waals surface area contributed by atoms with Crippen LogP contribution in [0.25, 0.3) is 10.9 Å². The van der Waals surface area contributed by atoms with Crippen molar-refractivity contribution in [3.05, 3.63) is 43.0 Å². The van der Waals surface area contributed by atoms with Gasteiger partial charge in [-0.3, -0.25) is 0 Å². The molecule has 0 amide bonds. The Hall–Kier alpha value is -1.51. The zero-order chi connectivity index (χ0) is 8.55. The average Bonchev–Trinajstić information content (AvgIpc) is 2.07. The first-order valence-electron chi connectivity index (χ1n) is 3.43. The largest absolute Gasteiger partial charge is 0.240 e. The summed E-state index contributed by atoms with van der Waals surface area (Å²) >= 11 is 0. The van der Waals surface area contributed by atoms with Gasteiger partial charge in [-0.2, -0.15) is 0 Å². The summed E-state index contributed by atoms with van der Waals surface area (Å²) in [6, 6.07) is 4.24. The molecule has 2 nitrogen and oxygen atoms in total. The molecule has 0 aliphatic heterocycles. The predicted octanol–water partition coefficient (Wildman–Crippen LogP) is 1.83. The minimum absolute atomic E-state index is 0.305. The smallest absolute Gasteiger partial charge is 0.124 e. The standard InChI is InChI=1S/C9H5FN2/c1-6-8-4-7(10)2-3-9(8)12-5-11-6/h1-5H. The van der Waals surface area contributed by atoms with Gasteiger partial charge in [0.2, 0.25) is 0 Å². The molecule has 12 heavy (non-hydrogen) atoms. The molecule has 0 atom stereocenters.